The van der Waals surface area contributed by atoms with E-state index in [2.05, 4.69) is 15.5 Å². The largest absolute Gasteiger partial charge is 0.334 e. The summed E-state index contributed by atoms with van der Waals surface area (Å²) in [5.41, 5.74) is 2.86. The van der Waals surface area contributed by atoms with Crippen LogP contribution in [-0.4, -0.2) is 21.1 Å². The number of hydrogen-bond donors (Lipinski definition) is 1. The molecule has 5 rings (SSSR count). The van der Waals surface area contributed by atoms with Gasteiger partial charge < -0.3 is 9.84 Å². The lowest BCUT2D eigenvalue weighted by Crippen LogP contribution is -2.45. The number of nitrogens with zero attached hydrogens (tertiary/aromatic N) is 3. The number of benzene rings is 2. The van der Waals surface area contributed by atoms with Crippen LogP contribution in [0.3, 0.4) is 0 Å². The molecule has 1 atom stereocenters. The molecule has 2 amide bonds. The number of allylic oxidation sites excluding steroid dienone is 1. The van der Waals surface area contributed by atoms with E-state index in [-0.39, 0.29) is 23.6 Å². The molecule has 0 bridgehead atoms. The van der Waals surface area contributed by atoms with Crippen molar-refractivity contribution >= 4 is 22.9 Å². The minimum atomic E-state index is -0.455. The van der Waals surface area contributed by atoms with E-state index in [0.717, 1.165) is 16.1 Å². The van der Waals surface area contributed by atoms with Gasteiger partial charge in [-0.15, -0.1) is 11.3 Å². The SMILES string of the molecule is CC1=C(c2nc(-c3cccc(F)c3)no2)C(c2ccccc2)NC(=O)N1Cc1cccs1. The predicted molar refractivity (Wildman–Crippen MR) is 120 cm³/mol. The fourth-order valence-corrected chi connectivity index (χ4v) is 4.47. The zero-order valence-electron chi connectivity index (χ0n) is 17.2. The molecule has 8 heteroatoms. The maximum Gasteiger partial charge on any atom is 0.322 e. The first kappa shape index (κ1) is 20.1. The molecule has 160 valence electrons. The highest BCUT2D eigenvalue weighted by Crippen LogP contribution is 2.38. The molecular weight excluding hydrogens is 427 g/mol. The van der Waals surface area contributed by atoms with Crippen LogP contribution >= 0.6 is 11.3 Å². The number of urea groups is 1. The standard InChI is InChI=1S/C24H19FN4O2S/c1-15-20(23-27-22(28-31-23)17-9-5-10-18(25)13-17)21(16-7-3-2-4-8-16)26-24(30)29(15)14-19-11-6-12-32-19/h2-13,21H,14H2,1H3,(H,26,30). The number of halogens is 1. The number of aromatic nitrogens is 2. The molecule has 2 aromatic heterocycles. The molecule has 1 unspecified atom stereocenters. The Labute approximate surface area is 188 Å². The van der Waals surface area contributed by atoms with Gasteiger partial charge in [0.15, 0.2) is 0 Å². The highest BCUT2D eigenvalue weighted by atomic mass is 32.1. The molecule has 2 aromatic carbocycles. The summed E-state index contributed by atoms with van der Waals surface area (Å²) in [7, 11) is 0. The normalized spacial score (nSPS) is 16.4. The maximum absolute atomic E-state index is 13.7. The van der Waals surface area contributed by atoms with Crippen molar-refractivity contribution in [3.8, 4) is 11.4 Å². The van der Waals surface area contributed by atoms with Crippen molar-refractivity contribution in [1.82, 2.24) is 20.4 Å². The third-order valence-corrected chi connectivity index (χ3v) is 6.22. The molecule has 3 heterocycles. The van der Waals surface area contributed by atoms with Crippen LogP contribution in [0.1, 0.15) is 29.3 Å². The van der Waals surface area contributed by atoms with Gasteiger partial charge in [-0.05, 0) is 36.1 Å². The van der Waals surface area contributed by atoms with Crippen molar-refractivity contribution in [2.45, 2.75) is 19.5 Å². The first-order valence-corrected chi connectivity index (χ1v) is 10.9. The summed E-state index contributed by atoms with van der Waals surface area (Å²) in [6.45, 7) is 2.31. The Hall–Kier alpha value is -3.78. The number of amides is 2. The Morgan fingerprint density at radius 2 is 1.97 bits per heavy atom. The van der Waals surface area contributed by atoms with E-state index < -0.39 is 6.04 Å². The number of nitrogens with one attached hydrogen (secondary N) is 1. The molecular formula is C24H19FN4O2S. The number of hydrogen-bond acceptors (Lipinski definition) is 5. The zero-order valence-corrected chi connectivity index (χ0v) is 18.0. The van der Waals surface area contributed by atoms with Gasteiger partial charge in [-0.3, -0.25) is 4.90 Å². The fourth-order valence-electron chi connectivity index (χ4n) is 3.78. The zero-order chi connectivity index (χ0) is 22.1. The molecule has 1 N–H and O–H groups in total. The van der Waals surface area contributed by atoms with Gasteiger partial charge in [0.25, 0.3) is 5.89 Å². The summed E-state index contributed by atoms with van der Waals surface area (Å²) in [5.74, 6) is 0.193. The monoisotopic (exact) mass is 446 g/mol. The molecule has 0 radical (unpaired) electrons. The molecule has 4 aromatic rings. The van der Waals surface area contributed by atoms with Crippen molar-refractivity contribution in [2.75, 3.05) is 0 Å². The Balaban J connectivity index is 1.60. The Bertz CT molecular complexity index is 1280. The quantitative estimate of drug-likeness (QED) is 0.431. The van der Waals surface area contributed by atoms with Gasteiger partial charge in [-0.1, -0.05) is 53.7 Å². The van der Waals surface area contributed by atoms with Gasteiger partial charge in [0.2, 0.25) is 5.82 Å². The minimum Gasteiger partial charge on any atom is -0.334 e. The van der Waals surface area contributed by atoms with Crippen molar-refractivity contribution in [2.24, 2.45) is 0 Å². The molecule has 0 fully saturated rings. The van der Waals surface area contributed by atoms with E-state index in [4.69, 9.17) is 4.52 Å². The summed E-state index contributed by atoms with van der Waals surface area (Å²) < 4.78 is 19.3. The molecule has 0 saturated heterocycles. The number of carbonyl (C=O) groups excluding carboxylic acids is 1. The van der Waals surface area contributed by atoms with E-state index in [1.807, 2.05) is 54.8 Å². The summed E-state index contributed by atoms with van der Waals surface area (Å²) in [6.07, 6.45) is 0. The van der Waals surface area contributed by atoms with Crippen LogP contribution in [0.4, 0.5) is 9.18 Å². The van der Waals surface area contributed by atoms with Gasteiger partial charge >= 0.3 is 6.03 Å². The van der Waals surface area contributed by atoms with E-state index in [0.29, 0.717) is 17.7 Å². The second-order valence-electron chi connectivity index (χ2n) is 7.39. The van der Waals surface area contributed by atoms with Crippen molar-refractivity contribution in [3.63, 3.8) is 0 Å². The van der Waals surface area contributed by atoms with Gasteiger partial charge in [-0.25, -0.2) is 9.18 Å². The highest BCUT2D eigenvalue weighted by Gasteiger charge is 2.35. The second kappa shape index (κ2) is 8.39. The van der Waals surface area contributed by atoms with Crippen LogP contribution in [0.25, 0.3) is 17.0 Å². The van der Waals surface area contributed by atoms with Gasteiger partial charge in [0.05, 0.1) is 18.2 Å². The van der Waals surface area contributed by atoms with E-state index >= 15 is 0 Å². The van der Waals surface area contributed by atoms with Crippen LogP contribution in [0, 0.1) is 5.82 Å². The van der Waals surface area contributed by atoms with Gasteiger partial charge in [0, 0.05) is 16.1 Å². The van der Waals surface area contributed by atoms with Crippen molar-refractivity contribution in [1.29, 1.82) is 0 Å². The van der Waals surface area contributed by atoms with Crippen LogP contribution in [0.2, 0.25) is 0 Å². The second-order valence-corrected chi connectivity index (χ2v) is 8.42. The first-order chi connectivity index (χ1) is 15.6. The van der Waals surface area contributed by atoms with Crippen LogP contribution in [0.15, 0.2) is 82.3 Å². The number of rotatable bonds is 5. The third kappa shape index (κ3) is 3.80. The maximum atomic E-state index is 13.7. The lowest BCUT2D eigenvalue weighted by molar-refractivity contribution is 0.203. The summed E-state index contributed by atoms with van der Waals surface area (Å²) >= 11 is 1.59. The van der Waals surface area contributed by atoms with E-state index in [1.54, 1.807) is 28.4 Å². The Morgan fingerprint density at radius 3 is 2.72 bits per heavy atom. The van der Waals surface area contributed by atoms with E-state index in [9.17, 15) is 9.18 Å². The van der Waals surface area contributed by atoms with Gasteiger partial charge in [-0.2, -0.15) is 4.98 Å². The molecule has 1 aliphatic heterocycles. The smallest absolute Gasteiger partial charge is 0.322 e. The molecule has 0 saturated carbocycles. The minimum absolute atomic E-state index is 0.196. The van der Waals surface area contributed by atoms with Crippen LogP contribution < -0.4 is 5.32 Å². The van der Waals surface area contributed by atoms with Gasteiger partial charge in [0.1, 0.15) is 5.82 Å². The molecule has 0 spiro atoms. The molecule has 0 aliphatic carbocycles. The topological polar surface area (TPSA) is 71.3 Å². The lowest BCUT2D eigenvalue weighted by atomic mass is 9.94. The summed E-state index contributed by atoms with van der Waals surface area (Å²) in [4.78, 5) is 20.3. The molecule has 6 nitrogen and oxygen atoms in total. The van der Waals surface area contributed by atoms with Crippen molar-refractivity contribution in [3.05, 3.63) is 100.0 Å². The summed E-state index contributed by atoms with van der Waals surface area (Å²) in [6, 6.07) is 19.0. The van der Waals surface area contributed by atoms with Crippen LogP contribution in [0.5, 0.6) is 0 Å². The highest BCUT2D eigenvalue weighted by molar-refractivity contribution is 7.09. The molecule has 1 aliphatic rings. The third-order valence-electron chi connectivity index (χ3n) is 5.36. The predicted octanol–water partition coefficient (Wildman–Crippen LogP) is 5.63. The summed E-state index contributed by atoms with van der Waals surface area (Å²) in [5, 5.41) is 9.13. The average Bonchev–Trinajstić information content (AvgIpc) is 3.49. The molecule has 32 heavy (non-hydrogen) atoms. The average molecular weight is 447 g/mol. The fraction of sp³-hybridized carbons (Fsp3) is 0.125. The number of thiophene rings is 1. The first-order valence-electron chi connectivity index (χ1n) is 10.1. The number of carbonyl (C=O) groups is 1. The van der Waals surface area contributed by atoms with E-state index in [1.165, 1.54) is 12.1 Å². The van der Waals surface area contributed by atoms with Crippen molar-refractivity contribution < 1.29 is 13.7 Å². The lowest BCUT2D eigenvalue weighted by Gasteiger charge is -2.35. The van der Waals surface area contributed by atoms with Crippen LogP contribution in [-0.2, 0) is 6.54 Å². The Kier molecular flexibility index (Phi) is 5.28. The Morgan fingerprint density at radius 1 is 1.12 bits per heavy atom.